The van der Waals surface area contributed by atoms with Gasteiger partial charge in [0.25, 0.3) is 5.56 Å². The normalized spacial score (nSPS) is 16.9. The van der Waals surface area contributed by atoms with Crippen molar-refractivity contribution < 1.29 is 4.74 Å². The topological polar surface area (TPSA) is 31.2 Å². The van der Waals surface area contributed by atoms with Crippen LogP contribution in [0.5, 0.6) is 5.75 Å². The smallest absolute Gasteiger partial charge is 0.253 e. The highest BCUT2D eigenvalue weighted by molar-refractivity contribution is 7.98. The van der Waals surface area contributed by atoms with Crippen LogP contribution >= 0.6 is 11.8 Å². The van der Waals surface area contributed by atoms with Crippen molar-refractivity contribution in [2.24, 2.45) is 11.8 Å². The Morgan fingerprint density at radius 2 is 1.92 bits per heavy atom. The summed E-state index contributed by atoms with van der Waals surface area (Å²) < 4.78 is 8.02. The van der Waals surface area contributed by atoms with Gasteiger partial charge in [-0.2, -0.15) is 0 Å². The first-order valence-corrected chi connectivity index (χ1v) is 10.4. The monoisotopic (exact) mass is 355 g/mol. The summed E-state index contributed by atoms with van der Waals surface area (Å²) in [5, 5.41) is 0. The molecule has 2 aliphatic carbocycles. The van der Waals surface area contributed by atoms with Crippen LogP contribution in [0.15, 0.2) is 40.2 Å². The summed E-state index contributed by atoms with van der Waals surface area (Å²) in [6.45, 7) is 3.55. The van der Waals surface area contributed by atoms with Gasteiger partial charge in [0.15, 0.2) is 0 Å². The lowest BCUT2D eigenvalue weighted by atomic mass is 10.0. The molecule has 1 aromatic carbocycles. The Labute approximate surface area is 153 Å². The molecule has 4 rings (SSSR count). The maximum absolute atomic E-state index is 12.5. The van der Waals surface area contributed by atoms with Crippen LogP contribution in [0.3, 0.4) is 0 Å². The largest absolute Gasteiger partial charge is 0.493 e. The Balaban J connectivity index is 1.73. The van der Waals surface area contributed by atoms with E-state index in [1.165, 1.54) is 30.6 Å². The van der Waals surface area contributed by atoms with Crippen LogP contribution < -0.4 is 10.3 Å². The third-order valence-electron chi connectivity index (χ3n) is 5.09. The zero-order valence-electron chi connectivity index (χ0n) is 15.0. The van der Waals surface area contributed by atoms with Gasteiger partial charge >= 0.3 is 0 Å². The van der Waals surface area contributed by atoms with E-state index in [9.17, 15) is 4.79 Å². The predicted molar refractivity (Wildman–Crippen MR) is 104 cm³/mol. The Hall–Kier alpha value is -1.68. The van der Waals surface area contributed by atoms with Crippen LogP contribution in [0, 0.1) is 18.8 Å². The van der Waals surface area contributed by atoms with Gasteiger partial charge in [-0.3, -0.25) is 4.79 Å². The molecule has 2 aromatic rings. The minimum absolute atomic E-state index is 0.136. The summed E-state index contributed by atoms with van der Waals surface area (Å²) in [6.07, 6.45) is 9.16. The molecule has 4 heteroatoms. The molecule has 1 aromatic heterocycles. The average Bonchev–Trinajstić information content (AvgIpc) is 3.52. The molecular formula is C21H25NO2S. The second-order valence-corrected chi connectivity index (χ2v) is 8.31. The van der Waals surface area contributed by atoms with E-state index in [4.69, 9.17) is 4.74 Å². The molecule has 1 heterocycles. The molecule has 0 saturated heterocycles. The van der Waals surface area contributed by atoms with Gasteiger partial charge in [0.1, 0.15) is 5.75 Å². The van der Waals surface area contributed by atoms with Crippen molar-refractivity contribution in [1.29, 1.82) is 0 Å². The molecule has 0 aliphatic heterocycles. The average molecular weight is 356 g/mol. The number of hydrogen-bond acceptors (Lipinski definition) is 3. The molecule has 25 heavy (non-hydrogen) atoms. The van der Waals surface area contributed by atoms with Crippen molar-refractivity contribution in [3.63, 3.8) is 0 Å². The molecule has 132 valence electrons. The van der Waals surface area contributed by atoms with E-state index in [2.05, 4.69) is 24.5 Å². The number of ether oxygens (including phenoxy) is 1. The Morgan fingerprint density at radius 3 is 2.60 bits per heavy atom. The molecule has 3 nitrogen and oxygen atoms in total. The lowest BCUT2D eigenvalue weighted by molar-refractivity contribution is 0.301. The molecule has 0 radical (unpaired) electrons. The highest BCUT2D eigenvalue weighted by Gasteiger charge is 2.24. The number of hydrogen-bond donors (Lipinski definition) is 0. The quantitative estimate of drug-likeness (QED) is 0.672. The van der Waals surface area contributed by atoms with E-state index in [0.717, 1.165) is 41.5 Å². The summed E-state index contributed by atoms with van der Waals surface area (Å²) in [7, 11) is 0. The lowest BCUT2D eigenvalue weighted by Crippen LogP contribution is -2.22. The van der Waals surface area contributed by atoms with Crippen molar-refractivity contribution >= 4 is 11.8 Å². The minimum Gasteiger partial charge on any atom is -0.493 e. The Morgan fingerprint density at radius 1 is 1.16 bits per heavy atom. The van der Waals surface area contributed by atoms with Crippen LogP contribution in [0.1, 0.15) is 31.2 Å². The van der Waals surface area contributed by atoms with Gasteiger partial charge in [0, 0.05) is 34.3 Å². The molecule has 0 amide bonds. The summed E-state index contributed by atoms with van der Waals surface area (Å²) >= 11 is 1.73. The van der Waals surface area contributed by atoms with E-state index < -0.39 is 0 Å². The summed E-state index contributed by atoms with van der Waals surface area (Å²) in [6, 6.07) is 8.39. The van der Waals surface area contributed by atoms with Crippen molar-refractivity contribution in [3.05, 3.63) is 46.4 Å². The van der Waals surface area contributed by atoms with Crippen LogP contribution in [-0.2, 0) is 6.54 Å². The zero-order chi connectivity index (χ0) is 17.4. The standard InChI is InChI=1S/C21H25NO2S/c1-14-9-17(12-22(21(14)23)11-15-3-4-15)19-10-18(25-2)7-8-20(19)24-13-16-5-6-16/h7-10,12,15-16H,3-6,11,13H2,1-2H3. The Bertz CT molecular complexity index is 834. The van der Waals surface area contributed by atoms with Gasteiger partial charge in [0.2, 0.25) is 0 Å². The third kappa shape index (κ3) is 3.95. The van der Waals surface area contributed by atoms with Gasteiger partial charge in [0.05, 0.1) is 6.61 Å². The molecule has 0 bridgehead atoms. The van der Waals surface area contributed by atoms with Crippen LogP contribution in [0.2, 0.25) is 0 Å². The van der Waals surface area contributed by atoms with Crippen molar-refractivity contribution in [2.45, 2.75) is 44.0 Å². The van der Waals surface area contributed by atoms with Crippen LogP contribution in [-0.4, -0.2) is 17.4 Å². The van der Waals surface area contributed by atoms with Gasteiger partial charge in [-0.25, -0.2) is 0 Å². The van der Waals surface area contributed by atoms with E-state index in [0.29, 0.717) is 5.92 Å². The number of pyridine rings is 1. The summed E-state index contributed by atoms with van der Waals surface area (Å²) in [5.41, 5.74) is 3.12. The maximum Gasteiger partial charge on any atom is 0.253 e. The fourth-order valence-corrected chi connectivity index (χ4v) is 3.57. The second-order valence-electron chi connectivity index (χ2n) is 7.43. The highest BCUT2D eigenvalue weighted by atomic mass is 32.2. The fourth-order valence-electron chi connectivity index (χ4n) is 3.13. The second kappa shape index (κ2) is 6.91. The van der Waals surface area contributed by atoms with Gasteiger partial charge < -0.3 is 9.30 Å². The Kier molecular flexibility index (Phi) is 4.63. The predicted octanol–water partition coefficient (Wildman–Crippen LogP) is 4.74. The first kappa shape index (κ1) is 16.8. The molecule has 2 fully saturated rings. The summed E-state index contributed by atoms with van der Waals surface area (Å²) in [4.78, 5) is 13.7. The van der Waals surface area contributed by atoms with Gasteiger partial charge in [-0.15, -0.1) is 11.8 Å². The van der Waals surface area contributed by atoms with Gasteiger partial charge in [-0.1, -0.05) is 0 Å². The molecule has 0 spiro atoms. The SMILES string of the molecule is CSc1ccc(OCC2CC2)c(-c2cc(C)c(=O)n(CC3CC3)c2)c1. The van der Waals surface area contributed by atoms with Crippen LogP contribution in [0.4, 0.5) is 0 Å². The number of rotatable bonds is 7. The summed E-state index contributed by atoms with van der Waals surface area (Å²) in [5.74, 6) is 2.33. The first-order valence-electron chi connectivity index (χ1n) is 9.16. The van der Waals surface area contributed by atoms with E-state index in [1.54, 1.807) is 11.8 Å². The number of benzene rings is 1. The van der Waals surface area contributed by atoms with Crippen molar-refractivity contribution in [2.75, 3.05) is 12.9 Å². The van der Waals surface area contributed by atoms with Crippen LogP contribution in [0.25, 0.3) is 11.1 Å². The first-order chi connectivity index (χ1) is 12.1. The third-order valence-corrected chi connectivity index (χ3v) is 5.81. The number of nitrogens with zero attached hydrogens (tertiary/aromatic N) is 1. The minimum atomic E-state index is 0.136. The molecular weight excluding hydrogens is 330 g/mol. The zero-order valence-corrected chi connectivity index (χ0v) is 15.8. The van der Waals surface area contributed by atoms with E-state index in [-0.39, 0.29) is 5.56 Å². The number of aryl methyl sites for hydroxylation is 1. The lowest BCUT2D eigenvalue weighted by Gasteiger charge is -2.15. The highest BCUT2D eigenvalue weighted by Crippen LogP contribution is 2.36. The van der Waals surface area contributed by atoms with Crippen molar-refractivity contribution in [1.82, 2.24) is 4.57 Å². The fraction of sp³-hybridized carbons (Fsp3) is 0.476. The molecule has 0 N–H and O–H groups in total. The van der Waals surface area contributed by atoms with E-state index in [1.807, 2.05) is 23.8 Å². The number of aromatic nitrogens is 1. The maximum atomic E-state index is 12.5. The van der Waals surface area contributed by atoms with Gasteiger partial charge in [-0.05, 0) is 75.0 Å². The molecule has 0 unspecified atom stereocenters. The van der Waals surface area contributed by atoms with E-state index >= 15 is 0 Å². The van der Waals surface area contributed by atoms with Crippen molar-refractivity contribution in [3.8, 4) is 16.9 Å². The molecule has 2 aliphatic rings. The molecule has 2 saturated carbocycles. The molecule has 0 atom stereocenters. The number of thioether (sulfide) groups is 1.